The maximum Gasteiger partial charge on any atom is 0.269 e. The topological polar surface area (TPSA) is 89.3 Å². The van der Waals surface area contributed by atoms with E-state index in [1.54, 1.807) is 19.1 Å². The van der Waals surface area contributed by atoms with E-state index in [2.05, 4.69) is 5.32 Å². The van der Waals surface area contributed by atoms with Crippen LogP contribution < -0.4 is 5.32 Å². The predicted molar refractivity (Wildman–Crippen MR) is 72.0 cm³/mol. The van der Waals surface area contributed by atoms with Crippen molar-refractivity contribution in [2.75, 3.05) is 0 Å². The number of allylic oxidation sites excluding steroid dienone is 2. The Hall–Kier alpha value is -2.50. The Balaban J connectivity index is 2.43. The van der Waals surface area contributed by atoms with E-state index in [4.69, 9.17) is 0 Å². The summed E-state index contributed by atoms with van der Waals surface area (Å²) in [6.45, 7) is 3.14. The number of nitrogens with one attached hydrogen (secondary N) is 1. The fraction of sp³-hybridized carbons (Fsp3) is 0.286. The summed E-state index contributed by atoms with van der Waals surface area (Å²) < 4.78 is 0. The van der Waals surface area contributed by atoms with Crippen molar-refractivity contribution in [1.29, 1.82) is 0 Å². The largest absolute Gasteiger partial charge is 0.330 e. The van der Waals surface area contributed by atoms with Gasteiger partial charge in [-0.2, -0.15) is 0 Å². The fourth-order valence-corrected chi connectivity index (χ4v) is 2.50. The van der Waals surface area contributed by atoms with Gasteiger partial charge in [-0.15, -0.1) is 0 Å². The molecule has 0 saturated carbocycles. The molecule has 1 aromatic rings. The average molecular weight is 274 g/mol. The van der Waals surface area contributed by atoms with Crippen molar-refractivity contribution in [3.05, 3.63) is 51.2 Å². The van der Waals surface area contributed by atoms with Gasteiger partial charge in [-0.25, -0.2) is 0 Å². The number of amides is 1. The zero-order chi connectivity index (χ0) is 14.9. The van der Waals surface area contributed by atoms with Gasteiger partial charge in [-0.05, 0) is 19.4 Å². The average Bonchev–Trinajstić information content (AvgIpc) is 2.37. The van der Waals surface area contributed by atoms with E-state index in [0.29, 0.717) is 11.3 Å². The summed E-state index contributed by atoms with van der Waals surface area (Å²) in [5, 5.41) is 13.3. The lowest BCUT2D eigenvalue weighted by molar-refractivity contribution is -0.384. The SMILES string of the molecule is CC(=O)C1=C(C)NC(=O)CC1c1ccc([N+](=O)[O-])cc1. The van der Waals surface area contributed by atoms with Crippen LogP contribution in [-0.4, -0.2) is 16.6 Å². The number of ketones is 1. The lowest BCUT2D eigenvalue weighted by atomic mass is 9.83. The summed E-state index contributed by atoms with van der Waals surface area (Å²) in [5.41, 5.74) is 1.82. The molecule has 0 bridgehead atoms. The number of carbonyl (C=O) groups excluding carboxylic acids is 2. The lowest BCUT2D eigenvalue weighted by Gasteiger charge is -2.26. The Labute approximate surface area is 115 Å². The number of hydrogen-bond acceptors (Lipinski definition) is 4. The van der Waals surface area contributed by atoms with E-state index in [1.165, 1.54) is 19.1 Å². The van der Waals surface area contributed by atoms with Crippen molar-refractivity contribution in [1.82, 2.24) is 5.32 Å². The molecule has 1 heterocycles. The number of nitro groups is 1. The van der Waals surface area contributed by atoms with Crippen LogP contribution in [0.4, 0.5) is 5.69 Å². The second-order valence-electron chi connectivity index (χ2n) is 4.75. The van der Waals surface area contributed by atoms with Crippen molar-refractivity contribution < 1.29 is 14.5 Å². The van der Waals surface area contributed by atoms with Gasteiger partial charge in [0.15, 0.2) is 5.78 Å². The van der Waals surface area contributed by atoms with Gasteiger partial charge >= 0.3 is 0 Å². The summed E-state index contributed by atoms with van der Waals surface area (Å²) in [7, 11) is 0. The second kappa shape index (κ2) is 5.24. The minimum absolute atomic E-state index is 0.0147. The molecule has 6 nitrogen and oxygen atoms in total. The summed E-state index contributed by atoms with van der Waals surface area (Å²) in [6, 6.07) is 5.96. The van der Waals surface area contributed by atoms with Crippen LogP contribution in [0.25, 0.3) is 0 Å². The molecule has 20 heavy (non-hydrogen) atoms. The van der Waals surface area contributed by atoms with Crippen molar-refractivity contribution in [3.8, 4) is 0 Å². The number of carbonyl (C=O) groups is 2. The van der Waals surface area contributed by atoms with Gasteiger partial charge in [-0.3, -0.25) is 19.7 Å². The molecule has 1 aromatic carbocycles. The van der Waals surface area contributed by atoms with Crippen LogP contribution in [0.15, 0.2) is 35.5 Å². The monoisotopic (exact) mass is 274 g/mol. The summed E-state index contributed by atoms with van der Waals surface area (Å²) >= 11 is 0. The predicted octanol–water partition coefficient (Wildman–Crippen LogP) is 2.06. The summed E-state index contributed by atoms with van der Waals surface area (Å²) in [4.78, 5) is 33.6. The third-order valence-corrected chi connectivity index (χ3v) is 3.35. The molecule has 6 heteroatoms. The maximum atomic E-state index is 11.8. The third kappa shape index (κ3) is 2.59. The number of nitrogens with zero attached hydrogens (tertiary/aromatic N) is 1. The molecular formula is C14H14N2O4. The number of nitro benzene ring substituents is 1. The summed E-state index contributed by atoms with van der Waals surface area (Å²) in [5.74, 6) is -0.608. The molecule has 0 fully saturated rings. The highest BCUT2D eigenvalue weighted by Crippen LogP contribution is 2.33. The Bertz CT molecular complexity index is 617. The van der Waals surface area contributed by atoms with Crippen molar-refractivity contribution >= 4 is 17.4 Å². The Morgan fingerprint density at radius 2 is 1.95 bits per heavy atom. The van der Waals surface area contributed by atoms with Gasteiger partial charge in [0.2, 0.25) is 5.91 Å². The minimum Gasteiger partial charge on any atom is -0.330 e. The molecule has 0 saturated heterocycles. The smallest absolute Gasteiger partial charge is 0.269 e. The molecule has 1 aliphatic rings. The molecule has 1 atom stereocenters. The standard InChI is InChI=1S/C14H14N2O4/c1-8-14(9(2)17)12(7-13(18)15-8)10-3-5-11(6-4-10)16(19)20/h3-6,12H,7H2,1-2H3,(H,15,18). The van der Waals surface area contributed by atoms with Crippen molar-refractivity contribution in [2.24, 2.45) is 0 Å². The number of Topliss-reactive ketones (excluding diaryl/α,β-unsaturated/α-hetero) is 1. The Morgan fingerprint density at radius 3 is 2.45 bits per heavy atom. The van der Waals surface area contributed by atoms with Gasteiger partial charge < -0.3 is 5.32 Å². The second-order valence-corrected chi connectivity index (χ2v) is 4.75. The van der Waals surface area contributed by atoms with Gasteiger partial charge in [0, 0.05) is 35.7 Å². The molecule has 0 radical (unpaired) electrons. The van der Waals surface area contributed by atoms with Gasteiger partial charge in [0.25, 0.3) is 5.69 Å². The van der Waals surface area contributed by atoms with Gasteiger partial charge in [0.05, 0.1) is 4.92 Å². The molecule has 104 valence electrons. The van der Waals surface area contributed by atoms with Crippen LogP contribution >= 0.6 is 0 Å². The molecule has 1 aliphatic heterocycles. The molecule has 0 spiro atoms. The number of non-ortho nitro benzene ring substituents is 1. The minimum atomic E-state index is -0.482. The molecular weight excluding hydrogens is 260 g/mol. The zero-order valence-corrected chi connectivity index (χ0v) is 11.2. The van der Waals surface area contributed by atoms with Crippen LogP contribution in [0.5, 0.6) is 0 Å². The van der Waals surface area contributed by atoms with E-state index >= 15 is 0 Å². The van der Waals surface area contributed by atoms with Crippen LogP contribution in [0, 0.1) is 10.1 Å². The number of rotatable bonds is 3. The van der Waals surface area contributed by atoms with Crippen molar-refractivity contribution in [2.45, 2.75) is 26.2 Å². The normalized spacial score (nSPS) is 18.7. The first kappa shape index (κ1) is 13.9. The number of hydrogen-bond donors (Lipinski definition) is 1. The van der Waals surface area contributed by atoms with Gasteiger partial charge in [0.1, 0.15) is 0 Å². The first-order valence-electron chi connectivity index (χ1n) is 6.16. The van der Waals surface area contributed by atoms with Crippen molar-refractivity contribution in [3.63, 3.8) is 0 Å². The fourth-order valence-electron chi connectivity index (χ4n) is 2.50. The van der Waals surface area contributed by atoms with Crippen LogP contribution in [-0.2, 0) is 9.59 Å². The molecule has 1 N–H and O–H groups in total. The highest BCUT2D eigenvalue weighted by Gasteiger charge is 2.29. The molecule has 2 rings (SSSR count). The first-order chi connectivity index (χ1) is 9.40. The van der Waals surface area contributed by atoms with E-state index in [9.17, 15) is 19.7 Å². The van der Waals surface area contributed by atoms with Crippen LogP contribution in [0.2, 0.25) is 0 Å². The Morgan fingerprint density at radius 1 is 1.35 bits per heavy atom. The van der Waals surface area contributed by atoms with E-state index in [0.717, 1.165) is 5.56 Å². The Kier molecular flexibility index (Phi) is 3.65. The van der Waals surface area contributed by atoms with Crippen LogP contribution in [0.1, 0.15) is 31.7 Å². The van der Waals surface area contributed by atoms with Crippen LogP contribution in [0.3, 0.4) is 0 Å². The highest BCUT2D eigenvalue weighted by atomic mass is 16.6. The van der Waals surface area contributed by atoms with E-state index < -0.39 is 4.92 Å². The zero-order valence-electron chi connectivity index (χ0n) is 11.2. The number of benzene rings is 1. The molecule has 0 aliphatic carbocycles. The van der Waals surface area contributed by atoms with Gasteiger partial charge in [-0.1, -0.05) is 12.1 Å². The highest BCUT2D eigenvalue weighted by molar-refractivity contribution is 5.99. The quantitative estimate of drug-likeness (QED) is 0.674. The molecule has 0 aromatic heterocycles. The lowest BCUT2D eigenvalue weighted by Crippen LogP contribution is -2.33. The van der Waals surface area contributed by atoms with E-state index in [1.807, 2.05) is 0 Å². The summed E-state index contributed by atoms with van der Waals surface area (Å²) in [6.07, 6.45) is 0.171. The van der Waals surface area contributed by atoms with E-state index in [-0.39, 0.29) is 29.7 Å². The first-order valence-corrected chi connectivity index (χ1v) is 6.16. The maximum absolute atomic E-state index is 11.8. The third-order valence-electron chi connectivity index (χ3n) is 3.35. The molecule has 1 unspecified atom stereocenters. The molecule has 1 amide bonds.